The number of carboxylic acids is 2. The van der Waals surface area contributed by atoms with Gasteiger partial charge in [0.2, 0.25) is 17.7 Å². The van der Waals surface area contributed by atoms with Crippen molar-refractivity contribution in [3.63, 3.8) is 0 Å². The van der Waals surface area contributed by atoms with Crippen LogP contribution in [-0.4, -0.2) is 87.4 Å². The Morgan fingerprint density at radius 1 is 0.941 bits per heavy atom. The summed E-state index contributed by atoms with van der Waals surface area (Å²) in [6.45, 7) is -0.248. The summed E-state index contributed by atoms with van der Waals surface area (Å²) >= 11 is 0. The molecule has 1 aromatic carbocycles. The van der Waals surface area contributed by atoms with Crippen LogP contribution in [0.1, 0.15) is 24.8 Å². The second-order valence-corrected chi connectivity index (χ2v) is 7.82. The Kier molecular flexibility index (Phi) is 9.76. The Hall–Kier alpha value is -3.71. The molecule has 1 aliphatic heterocycles. The molecule has 3 amide bonds. The predicted molar refractivity (Wildman–Crippen MR) is 116 cm³/mol. The summed E-state index contributed by atoms with van der Waals surface area (Å²) in [6.07, 6.45) is 0.476. The molecular weight excluding hydrogens is 452 g/mol. The van der Waals surface area contributed by atoms with Crippen LogP contribution in [0.4, 0.5) is 0 Å². The number of carboxylic acid groups (broad SMARTS) is 2. The van der Waals surface area contributed by atoms with E-state index in [1.54, 1.807) is 12.1 Å². The number of aromatic hydroxyl groups is 1. The maximum atomic E-state index is 12.9. The molecule has 8 N–H and O–H groups in total. The number of rotatable bonds is 12. The first-order valence-electron chi connectivity index (χ1n) is 10.6. The van der Waals surface area contributed by atoms with Gasteiger partial charge in [0.15, 0.2) is 0 Å². The van der Waals surface area contributed by atoms with E-state index in [2.05, 4.69) is 16.0 Å². The highest BCUT2D eigenvalue weighted by Crippen LogP contribution is 2.12. The Morgan fingerprint density at radius 2 is 1.56 bits per heavy atom. The number of phenolic OH excluding ortho intramolecular Hbond substituents is 1. The van der Waals surface area contributed by atoms with Gasteiger partial charge in [0.1, 0.15) is 23.9 Å². The molecule has 0 aromatic heterocycles. The van der Waals surface area contributed by atoms with Gasteiger partial charge in [0.25, 0.3) is 0 Å². The molecule has 0 spiro atoms. The number of benzene rings is 1. The molecule has 0 saturated carbocycles. The number of nitrogens with one attached hydrogen (secondary N) is 4. The van der Waals surface area contributed by atoms with E-state index in [4.69, 9.17) is 10.2 Å². The fraction of sp³-hybridized carbons (Fsp3) is 0.476. The van der Waals surface area contributed by atoms with Crippen molar-refractivity contribution in [3.8, 4) is 5.75 Å². The van der Waals surface area contributed by atoms with Gasteiger partial charge < -0.3 is 41.7 Å². The third-order valence-electron chi connectivity index (χ3n) is 5.19. The summed E-state index contributed by atoms with van der Waals surface area (Å²) in [5.74, 6) is -5.39. The summed E-state index contributed by atoms with van der Waals surface area (Å²) in [4.78, 5) is 59.9. The van der Waals surface area contributed by atoms with E-state index in [0.29, 0.717) is 18.5 Å². The number of hydrogen-bond acceptors (Lipinski definition) is 8. The molecule has 1 aromatic rings. The lowest BCUT2D eigenvalue weighted by Gasteiger charge is -2.24. The molecule has 1 aliphatic rings. The fourth-order valence-corrected chi connectivity index (χ4v) is 3.37. The summed E-state index contributed by atoms with van der Waals surface area (Å²) in [6, 6.07) is 0.912. The van der Waals surface area contributed by atoms with Crippen molar-refractivity contribution in [1.82, 2.24) is 21.3 Å². The van der Waals surface area contributed by atoms with Crippen molar-refractivity contribution in [2.45, 2.75) is 49.9 Å². The maximum Gasteiger partial charge on any atom is 0.326 e. The fourth-order valence-electron chi connectivity index (χ4n) is 3.37. The molecule has 13 heteroatoms. The van der Waals surface area contributed by atoms with Crippen LogP contribution in [0.2, 0.25) is 0 Å². The highest BCUT2D eigenvalue weighted by atomic mass is 16.4. The lowest BCUT2D eigenvalue weighted by molar-refractivity contribution is -0.147. The minimum atomic E-state index is -1.77. The van der Waals surface area contributed by atoms with Gasteiger partial charge in [-0.1, -0.05) is 12.1 Å². The molecule has 34 heavy (non-hydrogen) atoms. The molecule has 186 valence electrons. The third kappa shape index (κ3) is 8.01. The van der Waals surface area contributed by atoms with Crippen molar-refractivity contribution < 1.29 is 44.4 Å². The number of amides is 3. The van der Waals surface area contributed by atoms with E-state index in [0.717, 1.165) is 6.42 Å². The summed E-state index contributed by atoms with van der Waals surface area (Å²) < 4.78 is 0. The van der Waals surface area contributed by atoms with E-state index >= 15 is 0 Å². The van der Waals surface area contributed by atoms with Gasteiger partial charge in [-0.2, -0.15) is 0 Å². The van der Waals surface area contributed by atoms with Gasteiger partial charge in [0, 0.05) is 6.42 Å². The van der Waals surface area contributed by atoms with Gasteiger partial charge in [-0.25, -0.2) is 4.79 Å². The normalized spacial score (nSPS) is 17.7. The number of phenols is 1. The van der Waals surface area contributed by atoms with Crippen molar-refractivity contribution in [1.29, 1.82) is 0 Å². The third-order valence-corrected chi connectivity index (χ3v) is 5.19. The van der Waals surface area contributed by atoms with Gasteiger partial charge in [-0.3, -0.25) is 19.2 Å². The molecule has 1 saturated heterocycles. The van der Waals surface area contributed by atoms with Crippen LogP contribution in [-0.2, 0) is 30.4 Å². The molecule has 1 heterocycles. The molecule has 4 atom stereocenters. The summed E-state index contributed by atoms with van der Waals surface area (Å²) in [7, 11) is 0. The number of aliphatic hydroxyl groups is 1. The lowest BCUT2D eigenvalue weighted by atomic mass is 10.0. The van der Waals surface area contributed by atoms with Crippen LogP contribution in [0, 0.1) is 0 Å². The topological polar surface area (TPSA) is 214 Å². The molecule has 2 rings (SSSR count). The SMILES string of the molecule is O=C(O)CC(NC(=O)C(CO)NC(=O)C(Cc1ccc(O)cc1)NC(=O)C1CCCN1)C(=O)O. The lowest BCUT2D eigenvalue weighted by Crippen LogP contribution is -2.58. The average Bonchev–Trinajstić information content (AvgIpc) is 3.32. The van der Waals surface area contributed by atoms with Gasteiger partial charge in [-0.15, -0.1) is 0 Å². The zero-order valence-electron chi connectivity index (χ0n) is 18.2. The highest BCUT2D eigenvalue weighted by Gasteiger charge is 2.32. The predicted octanol–water partition coefficient (Wildman–Crippen LogP) is -2.31. The zero-order valence-corrected chi connectivity index (χ0v) is 18.2. The molecule has 0 bridgehead atoms. The van der Waals surface area contributed by atoms with Crippen molar-refractivity contribution in [3.05, 3.63) is 29.8 Å². The minimum absolute atomic E-state index is 0.00110. The minimum Gasteiger partial charge on any atom is -0.508 e. The molecule has 0 radical (unpaired) electrons. The van der Waals surface area contributed by atoms with Crippen molar-refractivity contribution in [2.75, 3.05) is 13.2 Å². The Labute approximate surface area is 194 Å². The first-order valence-corrected chi connectivity index (χ1v) is 10.6. The first-order chi connectivity index (χ1) is 16.1. The smallest absolute Gasteiger partial charge is 0.326 e. The van der Waals surface area contributed by atoms with Crippen LogP contribution in [0.5, 0.6) is 5.75 Å². The number of hydrogen-bond donors (Lipinski definition) is 8. The van der Waals surface area contributed by atoms with Crippen LogP contribution in [0.25, 0.3) is 0 Å². The van der Waals surface area contributed by atoms with Crippen LogP contribution in [0.15, 0.2) is 24.3 Å². The van der Waals surface area contributed by atoms with Crippen LogP contribution in [0.3, 0.4) is 0 Å². The number of aliphatic carboxylic acids is 2. The van der Waals surface area contributed by atoms with E-state index in [-0.39, 0.29) is 12.2 Å². The van der Waals surface area contributed by atoms with Crippen LogP contribution >= 0.6 is 0 Å². The first kappa shape index (κ1) is 26.5. The number of carbonyl (C=O) groups is 5. The van der Waals surface area contributed by atoms with E-state index in [1.165, 1.54) is 12.1 Å². The Morgan fingerprint density at radius 3 is 2.09 bits per heavy atom. The van der Waals surface area contributed by atoms with Crippen molar-refractivity contribution in [2.24, 2.45) is 0 Å². The van der Waals surface area contributed by atoms with E-state index in [1.807, 2.05) is 5.32 Å². The molecule has 1 fully saturated rings. The van der Waals surface area contributed by atoms with E-state index < -0.39 is 66.9 Å². The van der Waals surface area contributed by atoms with Crippen LogP contribution < -0.4 is 21.3 Å². The van der Waals surface area contributed by atoms with Gasteiger partial charge in [0.05, 0.1) is 19.1 Å². The number of aliphatic hydroxyl groups excluding tert-OH is 1. The zero-order chi connectivity index (χ0) is 25.3. The monoisotopic (exact) mass is 480 g/mol. The quantitative estimate of drug-likeness (QED) is 0.160. The summed E-state index contributed by atoms with van der Waals surface area (Å²) in [5, 5.41) is 46.8. The molecular formula is C21H28N4O9. The summed E-state index contributed by atoms with van der Waals surface area (Å²) in [5.41, 5.74) is 0.593. The second-order valence-electron chi connectivity index (χ2n) is 7.82. The molecule has 13 nitrogen and oxygen atoms in total. The maximum absolute atomic E-state index is 12.9. The van der Waals surface area contributed by atoms with Gasteiger partial charge >= 0.3 is 11.9 Å². The number of carbonyl (C=O) groups excluding carboxylic acids is 3. The second kappa shape index (κ2) is 12.5. The standard InChI is InChI=1S/C21H28N4O9/c26-10-16(20(32)24-15(21(33)34)9-17(28)29)25-19(31)14(8-11-3-5-12(27)6-4-11)23-18(30)13-2-1-7-22-13/h3-6,13-16,22,26-27H,1-2,7-10H2,(H,23,30)(H,24,32)(H,25,31)(H,28,29)(H,33,34). The average molecular weight is 480 g/mol. The Bertz CT molecular complexity index is 900. The van der Waals surface area contributed by atoms with Crippen molar-refractivity contribution >= 4 is 29.7 Å². The Balaban J connectivity index is 2.12. The largest absolute Gasteiger partial charge is 0.508 e. The highest BCUT2D eigenvalue weighted by molar-refractivity contribution is 5.94. The molecule has 4 unspecified atom stereocenters. The van der Waals surface area contributed by atoms with E-state index in [9.17, 15) is 34.2 Å². The molecule has 0 aliphatic carbocycles. The van der Waals surface area contributed by atoms with Gasteiger partial charge in [-0.05, 0) is 37.1 Å².